The largest absolute Gasteiger partial charge is 0.324 e. The minimum absolute atomic E-state index is 0.0829. The molecule has 1 unspecified atom stereocenters. The monoisotopic (exact) mass is 175 g/mol. The topological polar surface area (TPSA) is 26.0 Å². The van der Waals surface area contributed by atoms with Gasteiger partial charge >= 0.3 is 0 Å². The van der Waals surface area contributed by atoms with Crippen LogP contribution in [0.4, 0.5) is 0 Å². The lowest BCUT2D eigenvalue weighted by Crippen LogP contribution is -2.08. The van der Waals surface area contributed by atoms with Gasteiger partial charge in [0.1, 0.15) is 0 Å². The quantitative estimate of drug-likeness (QED) is 0.751. The fraction of sp³-hybridized carbons (Fsp3) is 0.333. The van der Waals surface area contributed by atoms with Crippen LogP contribution in [0.1, 0.15) is 36.6 Å². The molecular weight excluding hydrogens is 158 g/mol. The molecule has 1 aromatic rings. The highest BCUT2D eigenvalue weighted by Gasteiger charge is 2.06. The fourth-order valence-electron chi connectivity index (χ4n) is 1.59. The first kappa shape index (κ1) is 10.0. The minimum Gasteiger partial charge on any atom is -0.324 e. The number of benzene rings is 1. The van der Waals surface area contributed by atoms with Crippen molar-refractivity contribution in [3.63, 3.8) is 0 Å². The summed E-state index contributed by atoms with van der Waals surface area (Å²) in [7, 11) is 0. The van der Waals surface area contributed by atoms with Crippen LogP contribution in [-0.4, -0.2) is 0 Å². The molecule has 0 spiro atoms. The van der Waals surface area contributed by atoms with E-state index in [4.69, 9.17) is 5.73 Å². The molecule has 0 aliphatic carbocycles. The van der Waals surface area contributed by atoms with E-state index in [0.717, 1.165) is 6.42 Å². The zero-order valence-corrected chi connectivity index (χ0v) is 8.38. The standard InChI is InChI=1S/C12H17N/c1-4-10-7-6-8-12(9(3)13)11(10)5-2/h5-9H,2,4,13H2,1,3H3. The fourth-order valence-corrected chi connectivity index (χ4v) is 1.59. The maximum atomic E-state index is 5.87. The molecule has 1 heteroatoms. The van der Waals surface area contributed by atoms with Gasteiger partial charge in [0.15, 0.2) is 0 Å². The lowest BCUT2D eigenvalue weighted by molar-refractivity contribution is 0.812. The maximum Gasteiger partial charge on any atom is 0.0272 e. The van der Waals surface area contributed by atoms with Crippen LogP contribution in [0.25, 0.3) is 6.08 Å². The summed E-state index contributed by atoms with van der Waals surface area (Å²) in [6.07, 6.45) is 2.93. The third kappa shape index (κ3) is 1.99. The van der Waals surface area contributed by atoms with Crippen molar-refractivity contribution in [2.45, 2.75) is 26.3 Å². The van der Waals surface area contributed by atoms with Crippen molar-refractivity contribution in [2.24, 2.45) is 5.73 Å². The molecule has 0 saturated heterocycles. The Bertz CT molecular complexity index is 300. The van der Waals surface area contributed by atoms with E-state index in [1.807, 2.05) is 13.0 Å². The highest BCUT2D eigenvalue weighted by Crippen LogP contribution is 2.21. The molecule has 1 atom stereocenters. The summed E-state index contributed by atoms with van der Waals surface area (Å²) in [5, 5.41) is 0. The second-order valence-corrected chi connectivity index (χ2v) is 3.27. The van der Waals surface area contributed by atoms with E-state index < -0.39 is 0 Å². The van der Waals surface area contributed by atoms with Gasteiger partial charge in [0.25, 0.3) is 0 Å². The van der Waals surface area contributed by atoms with Crippen LogP contribution in [0.3, 0.4) is 0 Å². The van der Waals surface area contributed by atoms with Gasteiger partial charge in [-0.05, 0) is 30.0 Å². The van der Waals surface area contributed by atoms with Gasteiger partial charge in [-0.1, -0.05) is 37.8 Å². The maximum absolute atomic E-state index is 5.87. The molecule has 13 heavy (non-hydrogen) atoms. The summed E-state index contributed by atoms with van der Waals surface area (Å²) < 4.78 is 0. The van der Waals surface area contributed by atoms with Gasteiger partial charge in [-0.15, -0.1) is 0 Å². The third-order valence-corrected chi connectivity index (χ3v) is 2.31. The number of hydrogen-bond acceptors (Lipinski definition) is 1. The number of nitrogens with two attached hydrogens (primary N) is 1. The number of rotatable bonds is 3. The lowest BCUT2D eigenvalue weighted by atomic mass is 9.95. The molecule has 0 radical (unpaired) electrons. The molecule has 1 rings (SSSR count). The van der Waals surface area contributed by atoms with E-state index in [2.05, 4.69) is 31.7 Å². The average molecular weight is 175 g/mol. The van der Waals surface area contributed by atoms with Gasteiger partial charge in [0.05, 0.1) is 0 Å². The summed E-state index contributed by atoms with van der Waals surface area (Å²) in [4.78, 5) is 0. The minimum atomic E-state index is 0.0829. The van der Waals surface area contributed by atoms with Crippen molar-refractivity contribution in [3.8, 4) is 0 Å². The predicted octanol–water partition coefficient (Wildman–Crippen LogP) is 2.91. The van der Waals surface area contributed by atoms with Gasteiger partial charge in [-0.3, -0.25) is 0 Å². The third-order valence-electron chi connectivity index (χ3n) is 2.31. The Morgan fingerprint density at radius 1 is 1.54 bits per heavy atom. The van der Waals surface area contributed by atoms with Gasteiger partial charge in [-0.2, -0.15) is 0 Å². The smallest absolute Gasteiger partial charge is 0.0272 e. The van der Waals surface area contributed by atoms with E-state index in [0.29, 0.717) is 0 Å². The van der Waals surface area contributed by atoms with Crippen molar-refractivity contribution < 1.29 is 0 Å². The lowest BCUT2D eigenvalue weighted by Gasteiger charge is -2.13. The Balaban J connectivity index is 3.27. The van der Waals surface area contributed by atoms with Crippen LogP contribution < -0.4 is 5.73 Å². The second kappa shape index (κ2) is 4.24. The van der Waals surface area contributed by atoms with Crippen molar-refractivity contribution in [2.75, 3.05) is 0 Å². The number of hydrogen-bond donors (Lipinski definition) is 1. The Morgan fingerprint density at radius 3 is 2.69 bits per heavy atom. The molecule has 0 fully saturated rings. The molecule has 0 amide bonds. The van der Waals surface area contributed by atoms with Gasteiger partial charge in [0, 0.05) is 6.04 Å². The zero-order chi connectivity index (χ0) is 9.84. The number of aryl methyl sites for hydroxylation is 1. The van der Waals surface area contributed by atoms with E-state index in [1.165, 1.54) is 16.7 Å². The molecule has 1 nitrogen and oxygen atoms in total. The van der Waals surface area contributed by atoms with E-state index in [1.54, 1.807) is 0 Å². The molecule has 2 N–H and O–H groups in total. The van der Waals surface area contributed by atoms with E-state index in [-0.39, 0.29) is 6.04 Å². The summed E-state index contributed by atoms with van der Waals surface area (Å²) in [6, 6.07) is 6.34. The highest BCUT2D eigenvalue weighted by molar-refractivity contribution is 5.57. The van der Waals surface area contributed by atoms with E-state index in [9.17, 15) is 0 Å². The SMILES string of the molecule is C=Cc1c(CC)cccc1C(C)N. The van der Waals surface area contributed by atoms with Crippen LogP contribution in [-0.2, 0) is 6.42 Å². The molecule has 0 heterocycles. The highest BCUT2D eigenvalue weighted by atomic mass is 14.6. The van der Waals surface area contributed by atoms with Gasteiger partial charge < -0.3 is 5.73 Å². The Morgan fingerprint density at radius 2 is 2.23 bits per heavy atom. The van der Waals surface area contributed by atoms with Crippen LogP contribution in [0.15, 0.2) is 24.8 Å². The van der Waals surface area contributed by atoms with Crippen LogP contribution in [0.2, 0.25) is 0 Å². The first-order valence-electron chi connectivity index (χ1n) is 4.70. The van der Waals surface area contributed by atoms with Gasteiger partial charge in [-0.25, -0.2) is 0 Å². The first-order chi connectivity index (χ1) is 6.20. The van der Waals surface area contributed by atoms with Crippen molar-refractivity contribution in [1.29, 1.82) is 0 Å². The molecular formula is C12H17N. The summed E-state index contributed by atoms with van der Waals surface area (Å²) in [5.41, 5.74) is 9.59. The predicted molar refractivity (Wildman–Crippen MR) is 58.5 cm³/mol. The zero-order valence-electron chi connectivity index (χ0n) is 8.38. The van der Waals surface area contributed by atoms with Crippen molar-refractivity contribution >= 4 is 6.08 Å². The normalized spacial score (nSPS) is 12.5. The molecule has 0 aliphatic rings. The average Bonchev–Trinajstić information content (AvgIpc) is 2.16. The first-order valence-corrected chi connectivity index (χ1v) is 4.70. The van der Waals surface area contributed by atoms with Crippen molar-refractivity contribution in [1.82, 2.24) is 0 Å². The molecule has 70 valence electrons. The van der Waals surface area contributed by atoms with Crippen LogP contribution in [0, 0.1) is 0 Å². The van der Waals surface area contributed by atoms with Crippen molar-refractivity contribution in [3.05, 3.63) is 41.5 Å². The Labute approximate surface area is 80.3 Å². The van der Waals surface area contributed by atoms with Gasteiger partial charge in [0.2, 0.25) is 0 Å². The molecule has 0 aromatic heterocycles. The summed E-state index contributed by atoms with van der Waals surface area (Å²) in [5.74, 6) is 0. The molecule has 0 bridgehead atoms. The second-order valence-electron chi connectivity index (χ2n) is 3.27. The Hall–Kier alpha value is -1.08. The molecule has 0 saturated carbocycles. The van der Waals surface area contributed by atoms with Crippen LogP contribution in [0.5, 0.6) is 0 Å². The summed E-state index contributed by atoms with van der Waals surface area (Å²) >= 11 is 0. The van der Waals surface area contributed by atoms with E-state index >= 15 is 0 Å². The van der Waals surface area contributed by atoms with Crippen LogP contribution >= 0.6 is 0 Å². The summed E-state index contributed by atoms with van der Waals surface area (Å²) in [6.45, 7) is 7.97. The Kier molecular flexibility index (Phi) is 3.26. The molecule has 1 aromatic carbocycles. The molecule has 0 aliphatic heterocycles.